The zero-order chi connectivity index (χ0) is 25.1. The number of likely N-dealkylation sites (tertiary alicyclic amines) is 1. The largest absolute Gasteiger partial charge is 0.493 e. The molecule has 0 bridgehead atoms. The first-order chi connectivity index (χ1) is 17.5. The molecular formula is C31H38N2O3. The molecule has 5 nitrogen and oxygen atoms in total. The number of aliphatic hydroxyl groups excluding tert-OH is 1. The van der Waals surface area contributed by atoms with E-state index in [2.05, 4.69) is 59.3 Å². The Labute approximate surface area is 215 Å². The summed E-state index contributed by atoms with van der Waals surface area (Å²) in [5, 5.41) is 11.0. The van der Waals surface area contributed by atoms with Gasteiger partial charge in [-0.15, -0.1) is 0 Å². The molecule has 1 aromatic heterocycles. The monoisotopic (exact) mass is 486 g/mol. The van der Waals surface area contributed by atoms with E-state index in [4.69, 9.17) is 9.47 Å². The molecule has 5 rings (SSSR count). The summed E-state index contributed by atoms with van der Waals surface area (Å²) < 4.78 is 12.0. The highest BCUT2D eigenvalue weighted by Crippen LogP contribution is 2.48. The Morgan fingerprint density at radius 2 is 1.83 bits per heavy atom. The lowest BCUT2D eigenvalue weighted by molar-refractivity contribution is 0.0475. The normalized spacial score (nSPS) is 23.6. The minimum atomic E-state index is -0.443. The molecule has 2 fully saturated rings. The summed E-state index contributed by atoms with van der Waals surface area (Å²) in [6, 6.07) is 21.0. The number of pyridine rings is 1. The van der Waals surface area contributed by atoms with Crippen molar-refractivity contribution in [1.29, 1.82) is 0 Å². The van der Waals surface area contributed by atoms with Gasteiger partial charge < -0.3 is 14.6 Å². The lowest BCUT2D eigenvalue weighted by Gasteiger charge is -2.35. The molecule has 0 spiro atoms. The van der Waals surface area contributed by atoms with Crippen molar-refractivity contribution >= 4 is 0 Å². The third-order valence-corrected chi connectivity index (χ3v) is 8.27. The standard InChI is InChI=1S/C31H38N2O3/c1-22(34)31(2)21-33(19-24-10-8-9-17-32-24)20-28(31)27-14-7-6-13-26(27)23-15-16-29(35-3)30(18-23)36-25-11-4-5-12-25/h6-10,13-18,22,25,28,34H,4-5,11-12,19-21H2,1-3H3/t22-,28+,31+/m1/s1. The van der Waals surface area contributed by atoms with Gasteiger partial charge in [0.25, 0.3) is 0 Å². The Morgan fingerprint density at radius 1 is 1.06 bits per heavy atom. The highest BCUT2D eigenvalue weighted by atomic mass is 16.5. The van der Waals surface area contributed by atoms with Gasteiger partial charge in [-0.25, -0.2) is 0 Å². The fraction of sp³-hybridized carbons (Fsp3) is 0.452. The van der Waals surface area contributed by atoms with Crippen LogP contribution in [-0.2, 0) is 6.54 Å². The lowest BCUT2D eigenvalue weighted by atomic mass is 9.71. The van der Waals surface area contributed by atoms with Crippen molar-refractivity contribution in [1.82, 2.24) is 9.88 Å². The predicted octanol–water partition coefficient (Wildman–Crippen LogP) is 6.07. The van der Waals surface area contributed by atoms with Crippen LogP contribution in [-0.4, -0.2) is 47.4 Å². The Balaban J connectivity index is 1.49. The van der Waals surface area contributed by atoms with E-state index < -0.39 is 6.10 Å². The van der Waals surface area contributed by atoms with Crippen LogP contribution >= 0.6 is 0 Å². The van der Waals surface area contributed by atoms with E-state index in [9.17, 15) is 5.11 Å². The van der Waals surface area contributed by atoms with E-state index >= 15 is 0 Å². The van der Waals surface area contributed by atoms with Gasteiger partial charge in [0, 0.05) is 37.2 Å². The number of rotatable bonds is 8. The van der Waals surface area contributed by atoms with Crippen LogP contribution in [0.25, 0.3) is 11.1 Å². The first-order valence-corrected chi connectivity index (χ1v) is 13.2. The molecular weight excluding hydrogens is 448 g/mol. The number of aromatic nitrogens is 1. The zero-order valence-corrected chi connectivity index (χ0v) is 21.7. The van der Waals surface area contributed by atoms with Crippen LogP contribution in [0, 0.1) is 5.41 Å². The van der Waals surface area contributed by atoms with Gasteiger partial charge in [-0.2, -0.15) is 0 Å². The Kier molecular flexibility index (Phi) is 7.31. The number of hydrogen-bond donors (Lipinski definition) is 1. The number of aliphatic hydroxyl groups is 1. The van der Waals surface area contributed by atoms with E-state index in [1.54, 1.807) is 7.11 Å². The molecule has 190 valence electrons. The van der Waals surface area contributed by atoms with Crippen LogP contribution in [0.1, 0.15) is 56.7 Å². The summed E-state index contributed by atoms with van der Waals surface area (Å²) in [7, 11) is 1.70. The molecule has 1 N–H and O–H groups in total. The maximum Gasteiger partial charge on any atom is 0.162 e. The van der Waals surface area contributed by atoms with Crippen molar-refractivity contribution in [3.8, 4) is 22.6 Å². The topological polar surface area (TPSA) is 54.8 Å². The summed E-state index contributed by atoms with van der Waals surface area (Å²) in [4.78, 5) is 6.97. The Hall–Kier alpha value is -2.89. The van der Waals surface area contributed by atoms with Crippen LogP contribution in [0.3, 0.4) is 0 Å². The molecule has 3 atom stereocenters. The maximum atomic E-state index is 11.0. The number of benzene rings is 2. The molecule has 1 saturated heterocycles. The number of ether oxygens (including phenoxy) is 2. The summed E-state index contributed by atoms with van der Waals surface area (Å²) in [5.41, 5.74) is 4.36. The van der Waals surface area contributed by atoms with Crippen LogP contribution in [0.4, 0.5) is 0 Å². The van der Waals surface area contributed by atoms with Crippen molar-refractivity contribution in [2.75, 3.05) is 20.2 Å². The van der Waals surface area contributed by atoms with E-state index in [0.717, 1.165) is 55.2 Å². The highest BCUT2D eigenvalue weighted by Gasteiger charge is 2.47. The van der Waals surface area contributed by atoms with Crippen LogP contribution in [0.15, 0.2) is 66.9 Å². The minimum absolute atomic E-state index is 0.179. The highest BCUT2D eigenvalue weighted by molar-refractivity contribution is 5.71. The van der Waals surface area contributed by atoms with Gasteiger partial charge in [0.15, 0.2) is 11.5 Å². The second-order valence-corrected chi connectivity index (χ2v) is 10.7. The molecule has 1 aliphatic carbocycles. The van der Waals surface area contributed by atoms with Gasteiger partial charge in [-0.3, -0.25) is 9.88 Å². The van der Waals surface area contributed by atoms with E-state index in [1.165, 1.54) is 24.0 Å². The van der Waals surface area contributed by atoms with E-state index in [0.29, 0.717) is 0 Å². The van der Waals surface area contributed by atoms with Crippen molar-refractivity contribution in [3.63, 3.8) is 0 Å². The predicted molar refractivity (Wildman–Crippen MR) is 143 cm³/mol. The molecule has 5 heteroatoms. The van der Waals surface area contributed by atoms with E-state index in [1.807, 2.05) is 31.3 Å². The molecule has 3 aromatic rings. The molecule has 36 heavy (non-hydrogen) atoms. The molecule has 1 saturated carbocycles. The average Bonchev–Trinajstić information content (AvgIpc) is 3.52. The lowest BCUT2D eigenvalue weighted by Crippen LogP contribution is -2.37. The maximum absolute atomic E-state index is 11.0. The molecule has 0 unspecified atom stereocenters. The summed E-state index contributed by atoms with van der Waals surface area (Å²) in [5.74, 6) is 1.77. The number of hydrogen-bond acceptors (Lipinski definition) is 5. The molecule has 0 radical (unpaired) electrons. The minimum Gasteiger partial charge on any atom is -0.493 e. The van der Waals surface area contributed by atoms with Gasteiger partial charge in [0.05, 0.1) is 25.0 Å². The molecule has 2 heterocycles. The van der Waals surface area contributed by atoms with Crippen molar-refractivity contribution in [2.24, 2.45) is 5.41 Å². The van der Waals surface area contributed by atoms with Crippen LogP contribution in [0.5, 0.6) is 11.5 Å². The summed E-state index contributed by atoms with van der Waals surface area (Å²) >= 11 is 0. The van der Waals surface area contributed by atoms with Crippen LogP contribution in [0.2, 0.25) is 0 Å². The SMILES string of the molecule is COc1ccc(-c2ccccc2[C@@H]2CN(Cc3ccccn3)C[C@@]2(C)[C@@H](C)O)cc1OC1CCCC1. The first kappa shape index (κ1) is 24.8. The Morgan fingerprint density at radius 3 is 2.56 bits per heavy atom. The fourth-order valence-corrected chi connectivity index (χ4v) is 6.03. The third kappa shape index (κ3) is 5.00. The molecule has 1 aliphatic heterocycles. The van der Waals surface area contributed by atoms with E-state index in [-0.39, 0.29) is 17.4 Å². The van der Waals surface area contributed by atoms with Crippen molar-refractivity contribution < 1.29 is 14.6 Å². The van der Waals surface area contributed by atoms with Gasteiger partial charge >= 0.3 is 0 Å². The number of methoxy groups -OCH3 is 1. The molecule has 2 aliphatic rings. The van der Waals surface area contributed by atoms with Gasteiger partial charge in [0.2, 0.25) is 0 Å². The Bertz CT molecular complexity index is 1160. The van der Waals surface area contributed by atoms with Crippen LogP contribution < -0.4 is 9.47 Å². The fourth-order valence-electron chi connectivity index (χ4n) is 6.03. The third-order valence-electron chi connectivity index (χ3n) is 8.27. The molecule has 0 amide bonds. The molecule has 2 aromatic carbocycles. The zero-order valence-electron chi connectivity index (χ0n) is 21.7. The van der Waals surface area contributed by atoms with Crippen molar-refractivity contribution in [2.45, 2.75) is 64.2 Å². The average molecular weight is 487 g/mol. The van der Waals surface area contributed by atoms with Crippen molar-refractivity contribution in [3.05, 3.63) is 78.1 Å². The van der Waals surface area contributed by atoms with Gasteiger partial charge in [0.1, 0.15) is 0 Å². The van der Waals surface area contributed by atoms with Gasteiger partial charge in [-0.1, -0.05) is 43.3 Å². The second kappa shape index (κ2) is 10.6. The van der Waals surface area contributed by atoms with Gasteiger partial charge in [-0.05, 0) is 73.6 Å². The summed E-state index contributed by atoms with van der Waals surface area (Å²) in [6.07, 6.45) is 6.32. The number of nitrogens with zero attached hydrogens (tertiary/aromatic N) is 2. The second-order valence-electron chi connectivity index (χ2n) is 10.7. The smallest absolute Gasteiger partial charge is 0.162 e. The quantitative estimate of drug-likeness (QED) is 0.419. The first-order valence-electron chi connectivity index (χ1n) is 13.2. The summed E-state index contributed by atoms with van der Waals surface area (Å²) in [6.45, 7) is 6.63.